The molecule has 6 nitrogen and oxygen atoms in total. The predicted octanol–water partition coefficient (Wildman–Crippen LogP) is 3.38. The van der Waals surface area contributed by atoms with Crippen molar-refractivity contribution in [1.29, 1.82) is 0 Å². The third-order valence-electron chi connectivity index (χ3n) is 4.62. The fourth-order valence-corrected chi connectivity index (χ4v) is 2.83. The Morgan fingerprint density at radius 3 is 2.11 bits per heavy atom. The van der Waals surface area contributed by atoms with E-state index in [4.69, 9.17) is 4.74 Å². The van der Waals surface area contributed by atoms with Gasteiger partial charge in [0.15, 0.2) is 0 Å². The monoisotopic (exact) mass is 377 g/mol. The summed E-state index contributed by atoms with van der Waals surface area (Å²) >= 11 is 0. The van der Waals surface area contributed by atoms with Crippen LogP contribution in [0.2, 0.25) is 0 Å². The van der Waals surface area contributed by atoms with E-state index < -0.39 is 0 Å². The van der Waals surface area contributed by atoms with Crippen LogP contribution in [-0.2, 0) is 9.59 Å². The smallest absolute Gasteiger partial charge is 0.224 e. The van der Waals surface area contributed by atoms with Crippen LogP contribution in [0.3, 0.4) is 0 Å². The lowest BCUT2D eigenvalue weighted by molar-refractivity contribution is -0.130. The van der Waals surface area contributed by atoms with Crippen molar-refractivity contribution in [2.24, 2.45) is 0 Å². The van der Waals surface area contributed by atoms with Crippen LogP contribution in [0, 0.1) is 0 Å². The van der Waals surface area contributed by atoms with Crippen molar-refractivity contribution in [2.75, 3.05) is 44.6 Å². The highest BCUT2D eigenvalue weighted by Gasteiger charge is 2.10. The van der Waals surface area contributed by atoms with E-state index in [-0.39, 0.29) is 11.8 Å². The van der Waals surface area contributed by atoms with Gasteiger partial charge in [-0.15, -0.1) is 0 Å². The second kappa shape index (κ2) is 13.1. The fourth-order valence-electron chi connectivity index (χ4n) is 2.83. The quantitative estimate of drug-likeness (QED) is 0.572. The van der Waals surface area contributed by atoms with E-state index in [9.17, 15) is 9.59 Å². The van der Waals surface area contributed by atoms with Gasteiger partial charge in [-0.2, -0.15) is 0 Å². The summed E-state index contributed by atoms with van der Waals surface area (Å²) in [4.78, 5) is 28.0. The minimum Gasteiger partial charge on any atom is -0.492 e. The summed E-state index contributed by atoms with van der Waals surface area (Å²) in [7, 11) is 0. The highest BCUT2D eigenvalue weighted by Crippen LogP contribution is 2.16. The van der Waals surface area contributed by atoms with Crippen molar-refractivity contribution in [3.05, 3.63) is 24.3 Å². The largest absolute Gasteiger partial charge is 0.492 e. The van der Waals surface area contributed by atoms with Gasteiger partial charge in [0.1, 0.15) is 12.4 Å². The van der Waals surface area contributed by atoms with E-state index in [0.717, 1.165) is 31.1 Å². The lowest BCUT2D eigenvalue weighted by atomic mass is 10.2. The number of carbonyl (C=O) groups excluding carboxylic acids is 2. The number of nitrogens with zero attached hydrogens (tertiary/aromatic N) is 2. The highest BCUT2D eigenvalue weighted by atomic mass is 16.5. The maximum atomic E-state index is 12.0. The van der Waals surface area contributed by atoms with Gasteiger partial charge in [-0.25, -0.2) is 0 Å². The molecule has 1 aromatic carbocycles. The van der Waals surface area contributed by atoms with Crippen LogP contribution in [0.15, 0.2) is 24.3 Å². The molecule has 0 heterocycles. The summed E-state index contributed by atoms with van der Waals surface area (Å²) in [5.74, 6) is 0.835. The van der Waals surface area contributed by atoms with Crippen LogP contribution in [0.4, 0.5) is 5.69 Å². The summed E-state index contributed by atoms with van der Waals surface area (Å²) in [6.07, 6.45) is 1.32. The minimum absolute atomic E-state index is 0.0717. The molecule has 152 valence electrons. The maximum Gasteiger partial charge on any atom is 0.224 e. The van der Waals surface area contributed by atoms with Crippen LogP contribution in [0.1, 0.15) is 47.0 Å². The Balaban J connectivity index is 2.31. The Labute approximate surface area is 163 Å². The SMILES string of the molecule is CCN(CC)CCOc1ccc(NC(=O)CCCC(=O)N(CC)CC)cc1. The van der Waals surface area contributed by atoms with Crippen molar-refractivity contribution in [3.63, 3.8) is 0 Å². The molecule has 0 unspecified atom stereocenters. The van der Waals surface area contributed by atoms with E-state index in [0.29, 0.717) is 39.0 Å². The Bertz CT molecular complexity index is 552. The zero-order valence-electron chi connectivity index (χ0n) is 17.3. The summed E-state index contributed by atoms with van der Waals surface area (Å²) < 4.78 is 5.74. The van der Waals surface area contributed by atoms with Crippen LogP contribution >= 0.6 is 0 Å². The molecule has 0 saturated heterocycles. The maximum absolute atomic E-state index is 12.0. The third kappa shape index (κ3) is 8.91. The molecule has 0 aliphatic heterocycles. The molecule has 0 atom stereocenters. The molecule has 2 amide bonds. The lowest BCUT2D eigenvalue weighted by Crippen LogP contribution is -2.30. The highest BCUT2D eigenvalue weighted by molar-refractivity contribution is 5.91. The van der Waals surface area contributed by atoms with Gasteiger partial charge in [0, 0.05) is 38.2 Å². The number of benzene rings is 1. The van der Waals surface area contributed by atoms with Gasteiger partial charge >= 0.3 is 0 Å². The number of likely N-dealkylation sites (N-methyl/N-ethyl adjacent to an activating group) is 1. The number of rotatable bonds is 13. The predicted molar refractivity (Wildman–Crippen MR) is 110 cm³/mol. The van der Waals surface area contributed by atoms with Crippen molar-refractivity contribution < 1.29 is 14.3 Å². The second-order valence-electron chi connectivity index (χ2n) is 6.37. The van der Waals surface area contributed by atoms with Gasteiger partial charge in [-0.1, -0.05) is 13.8 Å². The molecule has 1 rings (SSSR count). The van der Waals surface area contributed by atoms with Crippen molar-refractivity contribution >= 4 is 17.5 Å². The van der Waals surface area contributed by atoms with Gasteiger partial charge in [0.25, 0.3) is 0 Å². The van der Waals surface area contributed by atoms with Gasteiger partial charge < -0.3 is 19.9 Å². The second-order valence-corrected chi connectivity index (χ2v) is 6.37. The van der Waals surface area contributed by atoms with Crippen LogP contribution < -0.4 is 10.1 Å². The molecule has 0 aliphatic rings. The molecular formula is C21H35N3O3. The molecule has 1 aromatic rings. The summed E-state index contributed by atoms with van der Waals surface area (Å²) in [6, 6.07) is 7.40. The number of anilines is 1. The first kappa shape index (κ1) is 23.0. The van der Waals surface area contributed by atoms with Crippen molar-refractivity contribution in [1.82, 2.24) is 9.80 Å². The molecule has 27 heavy (non-hydrogen) atoms. The average Bonchev–Trinajstić information content (AvgIpc) is 2.67. The first-order chi connectivity index (χ1) is 13.0. The Hall–Kier alpha value is -2.08. The number of hydrogen-bond acceptors (Lipinski definition) is 4. The van der Waals surface area contributed by atoms with Crippen molar-refractivity contribution in [3.8, 4) is 5.75 Å². The van der Waals surface area contributed by atoms with Gasteiger partial charge in [-0.3, -0.25) is 9.59 Å². The van der Waals surface area contributed by atoms with Gasteiger partial charge in [-0.05, 0) is 57.6 Å². The van der Waals surface area contributed by atoms with E-state index in [1.54, 1.807) is 4.90 Å². The Morgan fingerprint density at radius 1 is 0.926 bits per heavy atom. The number of hydrogen-bond donors (Lipinski definition) is 1. The first-order valence-electron chi connectivity index (χ1n) is 10.1. The van der Waals surface area contributed by atoms with E-state index in [1.807, 2.05) is 38.1 Å². The van der Waals surface area contributed by atoms with E-state index >= 15 is 0 Å². The zero-order valence-corrected chi connectivity index (χ0v) is 17.3. The lowest BCUT2D eigenvalue weighted by Gasteiger charge is -2.18. The molecular weight excluding hydrogens is 342 g/mol. The molecule has 0 aliphatic carbocycles. The molecule has 1 N–H and O–H groups in total. The van der Waals surface area contributed by atoms with E-state index in [1.165, 1.54) is 0 Å². The number of nitrogens with one attached hydrogen (secondary N) is 1. The third-order valence-corrected chi connectivity index (χ3v) is 4.62. The number of carbonyl (C=O) groups is 2. The molecule has 0 spiro atoms. The normalized spacial score (nSPS) is 10.7. The first-order valence-corrected chi connectivity index (χ1v) is 10.1. The standard InChI is InChI=1S/C21H35N3O3/c1-5-23(6-2)16-17-27-19-14-12-18(13-15-19)22-20(25)10-9-11-21(26)24(7-3)8-4/h12-15H,5-11,16-17H2,1-4H3,(H,22,25). The molecule has 6 heteroatoms. The minimum atomic E-state index is -0.0717. The van der Waals surface area contributed by atoms with Gasteiger partial charge in [0.2, 0.25) is 11.8 Å². The fraction of sp³-hybridized carbons (Fsp3) is 0.619. The van der Waals surface area contributed by atoms with Crippen LogP contribution in [-0.4, -0.2) is 60.9 Å². The number of ether oxygens (including phenoxy) is 1. The summed E-state index contributed by atoms with van der Waals surface area (Å²) in [6.45, 7) is 13.2. The molecule has 0 bridgehead atoms. The van der Waals surface area contributed by atoms with Crippen molar-refractivity contribution in [2.45, 2.75) is 47.0 Å². The topological polar surface area (TPSA) is 61.9 Å². The average molecular weight is 378 g/mol. The Morgan fingerprint density at radius 2 is 1.56 bits per heavy atom. The molecule has 0 saturated carbocycles. The molecule has 0 aromatic heterocycles. The summed E-state index contributed by atoms with van der Waals surface area (Å²) in [5.41, 5.74) is 0.742. The van der Waals surface area contributed by atoms with Crippen LogP contribution in [0.25, 0.3) is 0 Å². The summed E-state index contributed by atoms with van der Waals surface area (Å²) in [5, 5.41) is 2.87. The zero-order chi connectivity index (χ0) is 20.1. The Kier molecular flexibility index (Phi) is 11.2. The van der Waals surface area contributed by atoms with E-state index in [2.05, 4.69) is 24.1 Å². The van der Waals surface area contributed by atoms with Gasteiger partial charge in [0.05, 0.1) is 0 Å². The number of amides is 2. The van der Waals surface area contributed by atoms with Crippen LogP contribution in [0.5, 0.6) is 5.75 Å². The molecule has 0 radical (unpaired) electrons. The molecule has 0 fully saturated rings.